The Morgan fingerprint density at radius 2 is 1.81 bits per heavy atom. The summed E-state index contributed by atoms with van der Waals surface area (Å²) in [4.78, 5) is 24.9. The van der Waals surface area contributed by atoms with Crippen molar-refractivity contribution in [3.8, 4) is 23.1 Å². The molecule has 0 bridgehead atoms. The summed E-state index contributed by atoms with van der Waals surface area (Å²) in [5.41, 5.74) is 3.68. The van der Waals surface area contributed by atoms with Crippen LogP contribution in [0.15, 0.2) is 60.8 Å². The standard InChI is InChI=1S/C36H40FN5O5/c1-23-8-5-9-24(2)31(23)40-33(43)27-22-38-35(41-34(27)46-30-11-6-10-25-21-36(3,4)47-32(25)30)39-26-12-13-29(28(37)20-26)45-17-7-14-42-15-18-44-19-16-42/h5-6,8-13,20,22H,7,14-19,21H2,1-4H3,(H,40,43)(H,38,39,41). The zero-order valence-corrected chi connectivity index (χ0v) is 27.2. The highest BCUT2D eigenvalue weighted by Gasteiger charge is 2.33. The van der Waals surface area contributed by atoms with Crippen LogP contribution < -0.4 is 24.8 Å². The van der Waals surface area contributed by atoms with Gasteiger partial charge in [-0.1, -0.05) is 30.3 Å². The molecule has 10 nitrogen and oxygen atoms in total. The molecule has 3 heterocycles. The van der Waals surface area contributed by atoms with E-state index in [-0.39, 0.29) is 23.1 Å². The molecule has 2 N–H and O–H groups in total. The van der Waals surface area contributed by atoms with E-state index in [1.165, 1.54) is 12.3 Å². The summed E-state index contributed by atoms with van der Waals surface area (Å²) in [6.07, 6.45) is 2.89. The number of hydrogen-bond donors (Lipinski definition) is 2. The molecule has 0 spiro atoms. The Bertz CT molecular complexity index is 1740. The van der Waals surface area contributed by atoms with Gasteiger partial charge in [-0.25, -0.2) is 9.37 Å². The summed E-state index contributed by atoms with van der Waals surface area (Å²) in [6, 6.07) is 16.0. The monoisotopic (exact) mass is 641 g/mol. The quantitative estimate of drug-likeness (QED) is 0.170. The molecule has 6 rings (SSSR count). The Morgan fingerprint density at radius 3 is 2.57 bits per heavy atom. The lowest BCUT2D eigenvalue weighted by atomic mass is 10.0. The van der Waals surface area contributed by atoms with Gasteiger partial charge >= 0.3 is 0 Å². The molecule has 0 unspecified atom stereocenters. The Balaban J connectivity index is 1.21. The number of ether oxygens (including phenoxy) is 4. The summed E-state index contributed by atoms with van der Waals surface area (Å²) in [6.45, 7) is 12.4. The van der Waals surface area contributed by atoms with Gasteiger partial charge < -0.3 is 29.6 Å². The van der Waals surface area contributed by atoms with Gasteiger partial charge in [0.15, 0.2) is 23.1 Å². The van der Waals surface area contributed by atoms with Gasteiger partial charge in [0.05, 0.1) is 19.8 Å². The molecule has 2 aliphatic heterocycles. The zero-order valence-electron chi connectivity index (χ0n) is 27.2. The van der Waals surface area contributed by atoms with Crippen LogP contribution in [-0.4, -0.2) is 65.8 Å². The predicted molar refractivity (Wildman–Crippen MR) is 178 cm³/mol. The van der Waals surface area contributed by atoms with E-state index in [9.17, 15) is 4.79 Å². The van der Waals surface area contributed by atoms with Gasteiger partial charge in [0.1, 0.15) is 11.2 Å². The highest BCUT2D eigenvalue weighted by molar-refractivity contribution is 6.06. The molecule has 2 aliphatic rings. The number of hydrogen-bond acceptors (Lipinski definition) is 9. The number of halogens is 1. The van der Waals surface area contributed by atoms with Gasteiger partial charge in [0, 0.05) is 55.3 Å². The average Bonchev–Trinajstić information content (AvgIpc) is 3.37. The molecule has 11 heteroatoms. The predicted octanol–water partition coefficient (Wildman–Crippen LogP) is 6.84. The number of carbonyl (C=O) groups excluding carboxylic acids is 1. The van der Waals surface area contributed by atoms with E-state index in [0.29, 0.717) is 29.5 Å². The smallest absolute Gasteiger partial charge is 0.262 e. The normalized spacial score (nSPS) is 15.4. The number of anilines is 3. The summed E-state index contributed by atoms with van der Waals surface area (Å²) in [5.74, 6) is 0.404. The second kappa shape index (κ2) is 13.9. The maximum absolute atomic E-state index is 15.0. The molecule has 1 fully saturated rings. The Hall–Kier alpha value is -4.74. The molecule has 4 aromatic rings. The summed E-state index contributed by atoms with van der Waals surface area (Å²) in [5, 5.41) is 6.02. The Kier molecular flexibility index (Phi) is 9.55. The molecule has 1 aromatic heterocycles. The molecule has 0 aliphatic carbocycles. The number of para-hydroxylation sites is 2. The fourth-order valence-electron chi connectivity index (χ4n) is 5.74. The zero-order chi connectivity index (χ0) is 33.0. The highest BCUT2D eigenvalue weighted by Crippen LogP contribution is 2.43. The van der Waals surface area contributed by atoms with Gasteiger partial charge in [-0.15, -0.1) is 0 Å². The highest BCUT2D eigenvalue weighted by atomic mass is 19.1. The van der Waals surface area contributed by atoms with Crippen LogP contribution in [0.1, 0.15) is 47.3 Å². The number of nitrogens with zero attached hydrogens (tertiary/aromatic N) is 3. The van der Waals surface area contributed by atoms with Crippen LogP contribution in [0.25, 0.3) is 0 Å². The fourth-order valence-corrected chi connectivity index (χ4v) is 5.74. The molecule has 1 saturated heterocycles. The van der Waals surface area contributed by atoms with E-state index >= 15 is 4.39 Å². The van der Waals surface area contributed by atoms with Crippen molar-refractivity contribution in [2.24, 2.45) is 0 Å². The van der Waals surface area contributed by atoms with Crippen molar-refractivity contribution in [3.63, 3.8) is 0 Å². The second-order valence-corrected chi connectivity index (χ2v) is 12.4. The van der Waals surface area contributed by atoms with Crippen LogP contribution >= 0.6 is 0 Å². The lowest BCUT2D eigenvalue weighted by Gasteiger charge is -2.26. The van der Waals surface area contributed by atoms with E-state index in [0.717, 1.165) is 62.4 Å². The maximum atomic E-state index is 15.0. The van der Waals surface area contributed by atoms with Gasteiger partial charge in [-0.2, -0.15) is 4.98 Å². The van der Waals surface area contributed by atoms with Crippen LogP contribution in [0, 0.1) is 19.7 Å². The van der Waals surface area contributed by atoms with Crippen molar-refractivity contribution in [1.29, 1.82) is 0 Å². The van der Waals surface area contributed by atoms with Crippen LogP contribution in [0.3, 0.4) is 0 Å². The SMILES string of the molecule is Cc1cccc(C)c1NC(=O)c1cnc(Nc2ccc(OCCCN3CCOCC3)c(F)c2)nc1Oc1cccc2c1OC(C)(C)C2. The van der Waals surface area contributed by atoms with E-state index in [1.54, 1.807) is 18.2 Å². The third-order valence-corrected chi connectivity index (χ3v) is 8.15. The molecule has 3 aromatic carbocycles. The van der Waals surface area contributed by atoms with E-state index in [4.69, 9.17) is 18.9 Å². The Labute approximate surface area is 274 Å². The molecule has 0 radical (unpaired) electrons. The first-order chi connectivity index (χ1) is 22.6. The van der Waals surface area contributed by atoms with Crippen LogP contribution in [0.5, 0.6) is 23.1 Å². The lowest BCUT2D eigenvalue weighted by Crippen LogP contribution is -2.37. The van der Waals surface area contributed by atoms with Crippen LogP contribution in [-0.2, 0) is 11.2 Å². The van der Waals surface area contributed by atoms with Crippen LogP contribution in [0.2, 0.25) is 0 Å². The molecule has 246 valence electrons. The van der Waals surface area contributed by atoms with Crippen molar-refractivity contribution < 1.29 is 28.1 Å². The number of aryl methyl sites for hydroxylation is 2. The van der Waals surface area contributed by atoms with Crippen LogP contribution in [0.4, 0.5) is 21.7 Å². The number of carbonyl (C=O) groups is 1. The van der Waals surface area contributed by atoms with Crippen molar-refractivity contribution in [3.05, 3.63) is 88.9 Å². The minimum Gasteiger partial charge on any atom is -0.490 e. The first kappa shape index (κ1) is 32.2. The summed E-state index contributed by atoms with van der Waals surface area (Å²) >= 11 is 0. The van der Waals surface area contributed by atoms with Crippen molar-refractivity contribution in [2.75, 3.05) is 50.1 Å². The Morgan fingerprint density at radius 1 is 1.04 bits per heavy atom. The largest absolute Gasteiger partial charge is 0.490 e. The minimum absolute atomic E-state index is 0.0219. The van der Waals surface area contributed by atoms with Crippen molar-refractivity contribution in [2.45, 2.75) is 46.1 Å². The average molecular weight is 642 g/mol. The van der Waals surface area contributed by atoms with Gasteiger partial charge in [-0.3, -0.25) is 9.69 Å². The van der Waals surface area contributed by atoms with Crippen molar-refractivity contribution in [1.82, 2.24) is 14.9 Å². The van der Waals surface area contributed by atoms with Crippen molar-refractivity contribution >= 4 is 23.2 Å². The lowest BCUT2D eigenvalue weighted by molar-refractivity contribution is 0.0357. The molecule has 1 amide bonds. The number of nitrogens with one attached hydrogen (secondary N) is 2. The molecular formula is C36H40FN5O5. The number of benzene rings is 3. The van der Waals surface area contributed by atoms with Gasteiger partial charge in [0.25, 0.3) is 5.91 Å². The van der Waals surface area contributed by atoms with E-state index in [1.807, 2.05) is 58.0 Å². The molecule has 0 saturated carbocycles. The van der Waals surface area contributed by atoms with Gasteiger partial charge in [-0.05, 0) is 63.4 Å². The summed E-state index contributed by atoms with van der Waals surface area (Å²) in [7, 11) is 0. The number of fused-ring (bicyclic) bond motifs is 1. The summed E-state index contributed by atoms with van der Waals surface area (Å²) < 4.78 is 38.6. The topological polar surface area (TPSA) is 107 Å². The minimum atomic E-state index is -0.512. The molecule has 0 atom stereocenters. The third-order valence-electron chi connectivity index (χ3n) is 8.15. The maximum Gasteiger partial charge on any atom is 0.262 e. The number of morpholine rings is 1. The van der Waals surface area contributed by atoms with Gasteiger partial charge in [0.2, 0.25) is 11.8 Å². The second-order valence-electron chi connectivity index (χ2n) is 12.4. The third kappa shape index (κ3) is 7.81. The number of amides is 1. The molecule has 47 heavy (non-hydrogen) atoms. The molecular weight excluding hydrogens is 601 g/mol. The first-order valence-corrected chi connectivity index (χ1v) is 15.9. The van der Waals surface area contributed by atoms with E-state index < -0.39 is 17.3 Å². The fraction of sp³-hybridized carbons (Fsp3) is 0.361. The first-order valence-electron chi connectivity index (χ1n) is 15.9. The number of rotatable bonds is 11. The van der Waals surface area contributed by atoms with E-state index in [2.05, 4.69) is 25.5 Å². The number of aromatic nitrogens is 2.